The first kappa shape index (κ1) is 14.8. The summed E-state index contributed by atoms with van der Waals surface area (Å²) in [5, 5.41) is 16.6. The van der Waals surface area contributed by atoms with E-state index in [1.54, 1.807) is 6.20 Å². The van der Waals surface area contributed by atoms with Gasteiger partial charge in [0.2, 0.25) is 0 Å². The number of hydrogen-bond donors (Lipinski definition) is 1. The number of aliphatic carboxylic acids is 1. The standard InChI is InChI=1S/C11H21N3O3Si/c1-10(2,3)18-17-11(4,5)8-6-12-13-14(8)7-9(15)16/h6H,7,18H2,1-5H3,(H,15,16). The van der Waals surface area contributed by atoms with Crippen LogP contribution in [-0.4, -0.2) is 35.8 Å². The summed E-state index contributed by atoms with van der Waals surface area (Å²) in [7, 11) is -0.736. The lowest BCUT2D eigenvalue weighted by molar-refractivity contribution is -0.138. The van der Waals surface area contributed by atoms with E-state index in [4.69, 9.17) is 9.53 Å². The Morgan fingerprint density at radius 2 is 2.06 bits per heavy atom. The molecule has 1 aromatic rings. The highest BCUT2D eigenvalue weighted by Gasteiger charge is 2.28. The molecule has 0 aliphatic rings. The molecular formula is C11H21N3O3Si. The number of rotatable bonds is 5. The van der Waals surface area contributed by atoms with Gasteiger partial charge in [-0.25, -0.2) is 4.68 Å². The van der Waals surface area contributed by atoms with E-state index >= 15 is 0 Å². The van der Waals surface area contributed by atoms with Gasteiger partial charge < -0.3 is 9.53 Å². The molecule has 0 fully saturated rings. The van der Waals surface area contributed by atoms with Crippen LogP contribution in [0.3, 0.4) is 0 Å². The third-order valence-electron chi connectivity index (χ3n) is 2.39. The van der Waals surface area contributed by atoms with Crippen molar-refractivity contribution in [2.75, 3.05) is 0 Å². The quantitative estimate of drug-likeness (QED) is 0.806. The van der Waals surface area contributed by atoms with Gasteiger partial charge in [-0.2, -0.15) is 0 Å². The van der Waals surface area contributed by atoms with E-state index < -0.39 is 21.3 Å². The maximum absolute atomic E-state index is 10.7. The summed E-state index contributed by atoms with van der Waals surface area (Å²) in [5.41, 5.74) is 0.139. The number of aromatic nitrogens is 3. The van der Waals surface area contributed by atoms with Crippen LogP contribution >= 0.6 is 0 Å². The Bertz CT molecular complexity index is 423. The molecule has 0 radical (unpaired) electrons. The molecule has 0 saturated carbocycles. The first-order chi connectivity index (χ1) is 8.12. The Morgan fingerprint density at radius 1 is 1.44 bits per heavy atom. The van der Waals surface area contributed by atoms with Gasteiger partial charge in [0.15, 0.2) is 9.76 Å². The molecule has 1 heterocycles. The first-order valence-corrected chi connectivity index (χ1v) is 7.15. The van der Waals surface area contributed by atoms with Gasteiger partial charge >= 0.3 is 5.97 Å². The van der Waals surface area contributed by atoms with E-state index in [2.05, 4.69) is 31.1 Å². The average molecular weight is 271 g/mol. The van der Waals surface area contributed by atoms with Crippen molar-refractivity contribution in [3.05, 3.63) is 11.9 Å². The van der Waals surface area contributed by atoms with Crippen LogP contribution < -0.4 is 0 Å². The SMILES string of the molecule is CC(C)(C)[SiH2]OC(C)(C)c1cnnn1CC(=O)O. The van der Waals surface area contributed by atoms with Crippen LogP contribution in [0.2, 0.25) is 5.04 Å². The van der Waals surface area contributed by atoms with Crippen LogP contribution in [0.5, 0.6) is 0 Å². The summed E-state index contributed by atoms with van der Waals surface area (Å²) >= 11 is 0. The second kappa shape index (κ2) is 5.19. The van der Waals surface area contributed by atoms with Crippen LogP contribution in [0.1, 0.15) is 40.3 Å². The molecule has 0 saturated heterocycles. The lowest BCUT2D eigenvalue weighted by atomic mass is 10.1. The minimum atomic E-state index is -0.939. The van der Waals surface area contributed by atoms with Gasteiger partial charge in [-0.3, -0.25) is 4.79 Å². The summed E-state index contributed by atoms with van der Waals surface area (Å²) in [5.74, 6) is -0.939. The molecule has 0 aromatic carbocycles. The molecule has 18 heavy (non-hydrogen) atoms. The number of nitrogens with zero attached hydrogens (tertiary/aromatic N) is 3. The Labute approximate surface area is 109 Å². The zero-order valence-corrected chi connectivity index (χ0v) is 13.0. The molecular weight excluding hydrogens is 250 g/mol. The van der Waals surface area contributed by atoms with Crippen molar-refractivity contribution < 1.29 is 14.3 Å². The van der Waals surface area contributed by atoms with Gasteiger partial charge in [-0.1, -0.05) is 26.0 Å². The van der Waals surface area contributed by atoms with E-state index in [1.165, 1.54) is 4.68 Å². The Balaban J connectivity index is 2.84. The van der Waals surface area contributed by atoms with Gasteiger partial charge in [-0.15, -0.1) is 5.10 Å². The topological polar surface area (TPSA) is 77.2 Å². The van der Waals surface area contributed by atoms with Crippen molar-refractivity contribution in [2.45, 2.75) is 51.8 Å². The maximum Gasteiger partial charge on any atom is 0.325 e. The smallest absolute Gasteiger partial charge is 0.325 e. The van der Waals surface area contributed by atoms with Crippen molar-refractivity contribution in [3.8, 4) is 0 Å². The van der Waals surface area contributed by atoms with E-state index in [9.17, 15) is 4.79 Å². The van der Waals surface area contributed by atoms with Crippen LogP contribution in [0.4, 0.5) is 0 Å². The van der Waals surface area contributed by atoms with Crippen molar-refractivity contribution in [1.82, 2.24) is 15.0 Å². The van der Waals surface area contributed by atoms with Gasteiger partial charge in [0.25, 0.3) is 0 Å². The minimum absolute atomic E-state index is 0.183. The predicted molar refractivity (Wildman–Crippen MR) is 70.0 cm³/mol. The van der Waals surface area contributed by atoms with E-state index in [-0.39, 0.29) is 11.6 Å². The highest BCUT2D eigenvalue weighted by atomic mass is 28.2. The summed E-state index contributed by atoms with van der Waals surface area (Å²) in [6.07, 6.45) is 1.57. The molecule has 1 N–H and O–H groups in total. The van der Waals surface area contributed by atoms with Crippen molar-refractivity contribution in [3.63, 3.8) is 0 Å². The Morgan fingerprint density at radius 3 is 2.56 bits per heavy atom. The molecule has 0 spiro atoms. The second-order valence-corrected chi connectivity index (χ2v) is 8.73. The summed E-state index contributed by atoms with van der Waals surface area (Å²) in [6.45, 7) is 10.1. The second-order valence-electron chi connectivity index (χ2n) is 6.03. The molecule has 1 aromatic heterocycles. The largest absolute Gasteiger partial charge is 0.480 e. The maximum atomic E-state index is 10.7. The fraction of sp³-hybridized carbons (Fsp3) is 0.727. The van der Waals surface area contributed by atoms with Gasteiger partial charge in [-0.05, 0) is 18.9 Å². The van der Waals surface area contributed by atoms with Crippen LogP contribution in [0.15, 0.2) is 6.20 Å². The molecule has 0 unspecified atom stereocenters. The van der Waals surface area contributed by atoms with E-state index in [0.717, 1.165) is 0 Å². The molecule has 0 aliphatic carbocycles. The summed E-state index contributed by atoms with van der Waals surface area (Å²) in [4.78, 5) is 10.7. The van der Waals surface area contributed by atoms with E-state index in [0.29, 0.717) is 5.69 Å². The van der Waals surface area contributed by atoms with Crippen LogP contribution in [-0.2, 0) is 21.4 Å². The van der Waals surface area contributed by atoms with Crippen LogP contribution in [0.25, 0.3) is 0 Å². The summed E-state index contributed by atoms with van der Waals surface area (Å²) in [6, 6.07) is 0. The lowest BCUT2D eigenvalue weighted by Gasteiger charge is -2.29. The molecule has 0 aliphatic heterocycles. The fourth-order valence-corrected chi connectivity index (χ4v) is 2.38. The summed E-state index contributed by atoms with van der Waals surface area (Å²) < 4.78 is 7.38. The highest BCUT2D eigenvalue weighted by molar-refractivity contribution is 6.31. The Kier molecular flexibility index (Phi) is 4.28. The number of carboxylic acid groups (broad SMARTS) is 1. The highest BCUT2D eigenvalue weighted by Crippen LogP contribution is 2.28. The molecule has 7 heteroatoms. The third kappa shape index (κ3) is 4.23. The van der Waals surface area contributed by atoms with E-state index in [1.807, 2.05) is 13.8 Å². The molecule has 0 bridgehead atoms. The minimum Gasteiger partial charge on any atom is -0.480 e. The Hall–Kier alpha value is -1.21. The average Bonchev–Trinajstić information content (AvgIpc) is 2.61. The normalized spacial score (nSPS) is 13.4. The molecule has 6 nitrogen and oxygen atoms in total. The zero-order chi connectivity index (χ0) is 14.0. The predicted octanol–water partition coefficient (Wildman–Crippen LogP) is 0.917. The number of carbonyl (C=O) groups is 1. The molecule has 0 amide bonds. The number of hydrogen-bond acceptors (Lipinski definition) is 4. The van der Waals surface area contributed by atoms with Crippen molar-refractivity contribution in [1.29, 1.82) is 0 Å². The number of carboxylic acids is 1. The van der Waals surface area contributed by atoms with Crippen LogP contribution in [0, 0.1) is 0 Å². The monoisotopic (exact) mass is 271 g/mol. The fourth-order valence-electron chi connectivity index (χ4n) is 1.44. The molecule has 0 atom stereocenters. The van der Waals surface area contributed by atoms with Crippen molar-refractivity contribution in [2.24, 2.45) is 0 Å². The van der Waals surface area contributed by atoms with Gasteiger partial charge in [0.1, 0.15) is 6.54 Å². The molecule has 1 rings (SSSR count). The molecule has 102 valence electrons. The van der Waals surface area contributed by atoms with Crippen molar-refractivity contribution >= 4 is 15.7 Å². The van der Waals surface area contributed by atoms with Gasteiger partial charge in [0.05, 0.1) is 17.5 Å². The lowest BCUT2D eigenvalue weighted by Crippen LogP contribution is -2.31. The zero-order valence-electron chi connectivity index (χ0n) is 11.6. The third-order valence-corrected chi connectivity index (χ3v) is 4.12. The first-order valence-electron chi connectivity index (χ1n) is 5.86. The van der Waals surface area contributed by atoms with Gasteiger partial charge in [0, 0.05) is 0 Å².